The second-order valence-corrected chi connectivity index (χ2v) is 8.64. The molecule has 0 aromatic rings. The number of rotatable bonds is 14. The van der Waals surface area contributed by atoms with Gasteiger partial charge in [0, 0.05) is 25.9 Å². The summed E-state index contributed by atoms with van der Waals surface area (Å²) in [6.45, 7) is 7.89. The molecule has 0 atom stereocenters. The predicted molar refractivity (Wildman–Crippen MR) is 107 cm³/mol. The maximum Gasteiger partial charge on any atom is 0.410 e. The number of esters is 2. The molecule has 0 bridgehead atoms. The largest absolute Gasteiger partial charge is 0.464 e. The van der Waals surface area contributed by atoms with E-state index in [0.717, 1.165) is 0 Å². The van der Waals surface area contributed by atoms with E-state index in [2.05, 4.69) is 9.44 Å². The van der Waals surface area contributed by atoms with Crippen molar-refractivity contribution in [1.29, 1.82) is 0 Å². The first kappa shape index (κ1) is 28.0. The Morgan fingerprint density at radius 1 is 0.833 bits per heavy atom. The van der Waals surface area contributed by atoms with E-state index in [1.54, 1.807) is 20.8 Å². The molecule has 176 valence electrons. The third-order valence-electron chi connectivity index (χ3n) is 3.02. The number of amides is 1. The molecule has 0 saturated heterocycles. The lowest BCUT2D eigenvalue weighted by Crippen LogP contribution is -2.47. The molecule has 0 aromatic carbocycles. The van der Waals surface area contributed by atoms with Gasteiger partial charge in [-0.2, -0.15) is 17.9 Å². The van der Waals surface area contributed by atoms with Crippen LogP contribution in [0.25, 0.3) is 0 Å². The molecule has 0 aliphatic rings. The second kappa shape index (κ2) is 14.1. The number of carbonyl (C=O) groups is 3. The fourth-order valence-corrected chi connectivity index (χ4v) is 3.19. The van der Waals surface area contributed by atoms with Crippen molar-refractivity contribution in [1.82, 2.24) is 14.3 Å². The van der Waals surface area contributed by atoms with Crippen molar-refractivity contribution in [2.24, 2.45) is 0 Å². The minimum absolute atomic E-state index is 0.0241. The Kier molecular flexibility index (Phi) is 13.2. The summed E-state index contributed by atoms with van der Waals surface area (Å²) >= 11 is 0. The number of nitrogens with zero attached hydrogens (tertiary/aromatic N) is 1. The number of hydrogen-bond donors (Lipinski definition) is 2. The maximum absolute atomic E-state index is 12.1. The molecule has 30 heavy (non-hydrogen) atoms. The van der Waals surface area contributed by atoms with Crippen LogP contribution in [0.4, 0.5) is 4.79 Å². The van der Waals surface area contributed by atoms with Gasteiger partial charge < -0.3 is 23.8 Å². The minimum Gasteiger partial charge on any atom is -0.464 e. The van der Waals surface area contributed by atoms with E-state index in [4.69, 9.17) is 18.9 Å². The normalized spacial score (nSPS) is 11.6. The maximum atomic E-state index is 12.1. The summed E-state index contributed by atoms with van der Waals surface area (Å²) in [5.74, 6) is -0.963. The number of carbonyl (C=O) groups excluding carboxylic acids is 3. The quantitative estimate of drug-likeness (QED) is 0.206. The molecule has 13 heteroatoms. The SMILES string of the molecule is CC(=O)OCCN(CCOC(C)=O)C(=O)OCCOCCNS(=O)(=O)NC(C)(C)C. The smallest absolute Gasteiger partial charge is 0.410 e. The molecule has 0 rings (SSSR count). The van der Waals surface area contributed by atoms with Crippen LogP contribution in [0, 0.1) is 0 Å². The molecule has 0 fully saturated rings. The van der Waals surface area contributed by atoms with Crippen LogP contribution in [0.5, 0.6) is 0 Å². The number of hydrogen-bond acceptors (Lipinski definition) is 9. The minimum atomic E-state index is -3.63. The van der Waals surface area contributed by atoms with E-state index in [1.165, 1.54) is 18.7 Å². The summed E-state index contributed by atoms with van der Waals surface area (Å²) in [6, 6.07) is 0. The van der Waals surface area contributed by atoms with Crippen LogP contribution in [0.3, 0.4) is 0 Å². The Balaban J connectivity index is 4.16. The van der Waals surface area contributed by atoms with Crippen LogP contribution in [-0.2, 0) is 38.7 Å². The summed E-state index contributed by atoms with van der Waals surface area (Å²) in [5, 5.41) is 0. The second-order valence-electron chi connectivity index (χ2n) is 7.14. The molecule has 0 saturated carbocycles. The molecule has 0 aromatic heterocycles. The van der Waals surface area contributed by atoms with Gasteiger partial charge in [0.1, 0.15) is 19.8 Å². The molecule has 12 nitrogen and oxygen atoms in total. The molecule has 0 aliphatic heterocycles. The Labute approximate surface area is 177 Å². The van der Waals surface area contributed by atoms with Crippen molar-refractivity contribution in [2.75, 3.05) is 52.7 Å². The molecular weight excluding hydrogens is 422 g/mol. The molecule has 1 amide bonds. The molecule has 0 heterocycles. The lowest BCUT2D eigenvalue weighted by atomic mass is 10.1. The van der Waals surface area contributed by atoms with Crippen molar-refractivity contribution in [2.45, 2.75) is 40.2 Å². The highest BCUT2D eigenvalue weighted by molar-refractivity contribution is 7.87. The summed E-state index contributed by atoms with van der Waals surface area (Å²) in [6.07, 6.45) is -0.687. The summed E-state index contributed by atoms with van der Waals surface area (Å²) in [7, 11) is -3.63. The summed E-state index contributed by atoms with van der Waals surface area (Å²) in [5.41, 5.74) is -0.600. The first-order valence-corrected chi connectivity index (χ1v) is 10.9. The standard InChI is InChI=1S/C17H33N3O9S/c1-14(21)27-10-7-20(8-11-28-15(2)22)16(23)29-13-12-26-9-6-18-30(24,25)19-17(3,4)5/h18-19H,6-13H2,1-5H3. The van der Waals surface area contributed by atoms with Gasteiger partial charge in [0.15, 0.2) is 0 Å². The Hall–Kier alpha value is -1.96. The number of nitrogens with one attached hydrogen (secondary N) is 2. The third kappa shape index (κ3) is 16.9. The lowest BCUT2D eigenvalue weighted by Gasteiger charge is -2.21. The Morgan fingerprint density at radius 3 is 1.83 bits per heavy atom. The van der Waals surface area contributed by atoms with Gasteiger partial charge in [0.2, 0.25) is 0 Å². The van der Waals surface area contributed by atoms with Crippen LogP contribution in [-0.4, -0.2) is 89.6 Å². The van der Waals surface area contributed by atoms with Gasteiger partial charge in [0.25, 0.3) is 10.2 Å². The fourth-order valence-electron chi connectivity index (χ4n) is 1.96. The van der Waals surface area contributed by atoms with Gasteiger partial charge in [-0.25, -0.2) is 4.79 Å². The van der Waals surface area contributed by atoms with Crippen molar-refractivity contribution in [3.63, 3.8) is 0 Å². The van der Waals surface area contributed by atoms with Crippen LogP contribution < -0.4 is 9.44 Å². The summed E-state index contributed by atoms with van der Waals surface area (Å²) in [4.78, 5) is 35.0. The van der Waals surface area contributed by atoms with Crippen LogP contribution in [0.2, 0.25) is 0 Å². The van der Waals surface area contributed by atoms with Crippen LogP contribution >= 0.6 is 0 Å². The molecule has 0 radical (unpaired) electrons. The van der Waals surface area contributed by atoms with Crippen molar-refractivity contribution in [3.05, 3.63) is 0 Å². The van der Waals surface area contributed by atoms with E-state index in [1.807, 2.05) is 0 Å². The molecular formula is C17H33N3O9S. The number of ether oxygens (including phenoxy) is 4. The Bertz CT molecular complexity index is 627. The van der Waals surface area contributed by atoms with Crippen molar-refractivity contribution in [3.8, 4) is 0 Å². The van der Waals surface area contributed by atoms with Crippen molar-refractivity contribution < 1.29 is 41.7 Å². The van der Waals surface area contributed by atoms with Crippen LogP contribution in [0.15, 0.2) is 0 Å². The van der Waals surface area contributed by atoms with Crippen molar-refractivity contribution >= 4 is 28.2 Å². The van der Waals surface area contributed by atoms with Gasteiger partial charge in [-0.1, -0.05) is 0 Å². The Morgan fingerprint density at radius 2 is 1.37 bits per heavy atom. The third-order valence-corrected chi connectivity index (χ3v) is 4.49. The van der Waals surface area contributed by atoms with Gasteiger partial charge in [0.05, 0.1) is 26.3 Å². The van der Waals surface area contributed by atoms with Gasteiger partial charge >= 0.3 is 18.0 Å². The van der Waals surface area contributed by atoms with E-state index >= 15 is 0 Å². The van der Waals surface area contributed by atoms with Gasteiger partial charge in [-0.3, -0.25) is 9.59 Å². The lowest BCUT2D eigenvalue weighted by molar-refractivity contribution is -0.141. The molecule has 0 unspecified atom stereocenters. The molecule has 0 spiro atoms. The van der Waals surface area contributed by atoms with Gasteiger partial charge in [-0.15, -0.1) is 0 Å². The van der Waals surface area contributed by atoms with E-state index in [-0.39, 0.29) is 52.7 Å². The first-order chi connectivity index (χ1) is 13.8. The molecule has 0 aliphatic carbocycles. The van der Waals surface area contributed by atoms with E-state index < -0.39 is 33.8 Å². The zero-order valence-corrected chi connectivity index (χ0v) is 19.0. The van der Waals surface area contributed by atoms with Crippen LogP contribution in [0.1, 0.15) is 34.6 Å². The zero-order chi connectivity index (χ0) is 23.2. The predicted octanol–water partition coefficient (Wildman–Crippen LogP) is -0.210. The molecule has 2 N–H and O–H groups in total. The fraction of sp³-hybridized carbons (Fsp3) is 0.824. The first-order valence-electron chi connectivity index (χ1n) is 9.37. The average Bonchev–Trinajstić information content (AvgIpc) is 2.56. The van der Waals surface area contributed by atoms with E-state index in [0.29, 0.717) is 0 Å². The zero-order valence-electron chi connectivity index (χ0n) is 18.2. The highest BCUT2D eigenvalue weighted by Gasteiger charge is 2.19. The highest BCUT2D eigenvalue weighted by Crippen LogP contribution is 2.00. The monoisotopic (exact) mass is 455 g/mol. The summed E-state index contributed by atoms with van der Waals surface area (Å²) < 4.78 is 48.1. The van der Waals surface area contributed by atoms with Gasteiger partial charge in [-0.05, 0) is 20.8 Å². The topological polar surface area (TPSA) is 150 Å². The van der Waals surface area contributed by atoms with E-state index in [9.17, 15) is 22.8 Å². The average molecular weight is 456 g/mol. The highest BCUT2D eigenvalue weighted by atomic mass is 32.2.